The van der Waals surface area contributed by atoms with Crippen molar-refractivity contribution in [1.29, 1.82) is 0 Å². The third-order valence-electron chi connectivity index (χ3n) is 1.98. The van der Waals surface area contributed by atoms with Crippen LogP contribution in [0.3, 0.4) is 0 Å². The normalized spacial score (nSPS) is 10.7. The standard InChI is InChI=1S/C11H15BrFN/c1-8(2)7-14(3)9-4-5-10(12)11(13)6-9/h4-6,8H,7H2,1-3H3. The van der Waals surface area contributed by atoms with Gasteiger partial charge >= 0.3 is 0 Å². The summed E-state index contributed by atoms with van der Waals surface area (Å²) in [5.41, 5.74) is 0.916. The minimum absolute atomic E-state index is 0.210. The first kappa shape index (κ1) is 11.5. The Balaban J connectivity index is 2.80. The van der Waals surface area contributed by atoms with E-state index in [1.54, 1.807) is 12.1 Å². The largest absolute Gasteiger partial charge is 0.374 e. The molecule has 0 unspecified atom stereocenters. The van der Waals surface area contributed by atoms with Crippen molar-refractivity contribution in [2.24, 2.45) is 5.92 Å². The van der Waals surface area contributed by atoms with Crippen LogP contribution in [0.2, 0.25) is 0 Å². The van der Waals surface area contributed by atoms with Crippen molar-refractivity contribution < 1.29 is 4.39 Å². The third kappa shape index (κ3) is 2.98. The highest BCUT2D eigenvalue weighted by Gasteiger charge is 2.06. The van der Waals surface area contributed by atoms with Gasteiger partial charge in [0.25, 0.3) is 0 Å². The Morgan fingerprint density at radius 2 is 2.07 bits per heavy atom. The molecule has 0 aliphatic heterocycles. The molecule has 0 bridgehead atoms. The second kappa shape index (κ2) is 4.78. The lowest BCUT2D eigenvalue weighted by molar-refractivity contribution is 0.614. The van der Waals surface area contributed by atoms with Crippen molar-refractivity contribution in [2.75, 3.05) is 18.5 Å². The Labute approximate surface area is 93.0 Å². The number of benzene rings is 1. The Morgan fingerprint density at radius 3 is 2.57 bits per heavy atom. The molecule has 0 aliphatic carbocycles. The van der Waals surface area contributed by atoms with Crippen molar-refractivity contribution in [2.45, 2.75) is 13.8 Å². The van der Waals surface area contributed by atoms with Crippen LogP contribution in [0.4, 0.5) is 10.1 Å². The third-order valence-corrected chi connectivity index (χ3v) is 2.63. The molecule has 0 fully saturated rings. The van der Waals surface area contributed by atoms with E-state index >= 15 is 0 Å². The van der Waals surface area contributed by atoms with Gasteiger partial charge in [-0.2, -0.15) is 0 Å². The van der Waals surface area contributed by atoms with Crippen molar-refractivity contribution >= 4 is 21.6 Å². The van der Waals surface area contributed by atoms with E-state index in [0.717, 1.165) is 12.2 Å². The Kier molecular flexibility index (Phi) is 3.93. The van der Waals surface area contributed by atoms with E-state index < -0.39 is 0 Å². The van der Waals surface area contributed by atoms with Crippen molar-refractivity contribution in [3.8, 4) is 0 Å². The van der Waals surface area contributed by atoms with Crippen LogP contribution >= 0.6 is 15.9 Å². The number of rotatable bonds is 3. The number of hydrogen-bond acceptors (Lipinski definition) is 1. The molecule has 0 amide bonds. The summed E-state index contributed by atoms with van der Waals surface area (Å²) >= 11 is 3.14. The van der Waals surface area contributed by atoms with Gasteiger partial charge in [0.1, 0.15) is 5.82 Å². The summed E-state index contributed by atoms with van der Waals surface area (Å²) in [4.78, 5) is 2.06. The van der Waals surface area contributed by atoms with Gasteiger partial charge in [0.05, 0.1) is 4.47 Å². The summed E-state index contributed by atoms with van der Waals surface area (Å²) in [6.07, 6.45) is 0. The highest BCUT2D eigenvalue weighted by atomic mass is 79.9. The summed E-state index contributed by atoms with van der Waals surface area (Å²) in [7, 11) is 1.97. The summed E-state index contributed by atoms with van der Waals surface area (Å²) < 4.78 is 13.7. The van der Waals surface area contributed by atoms with Crippen LogP contribution in [-0.2, 0) is 0 Å². The maximum atomic E-state index is 13.2. The topological polar surface area (TPSA) is 3.24 Å². The van der Waals surface area contributed by atoms with Crippen LogP contribution in [0.5, 0.6) is 0 Å². The monoisotopic (exact) mass is 259 g/mol. The average molecular weight is 260 g/mol. The minimum atomic E-state index is -0.210. The van der Waals surface area contributed by atoms with Gasteiger partial charge in [-0.3, -0.25) is 0 Å². The van der Waals surface area contributed by atoms with Crippen LogP contribution in [-0.4, -0.2) is 13.6 Å². The molecule has 1 aromatic rings. The summed E-state index contributed by atoms with van der Waals surface area (Å²) in [6.45, 7) is 5.22. The second-order valence-electron chi connectivity index (χ2n) is 3.87. The first-order chi connectivity index (χ1) is 6.50. The first-order valence-corrected chi connectivity index (χ1v) is 5.46. The maximum Gasteiger partial charge on any atom is 0.139 e. The zero-order valence-electron chi connectivity index (χ0n) is 8.72. The highest BCUT2D eigenvalue weighted by molar-refractivity contribution is 9.10. The van der Waals surface area contributed by atoms with Crippen LogP contribution in [0, 0.1) is 11.7 Å². The summed E-state index contributed by atoms with van der Waals surface area (Å²) in [5, 5.41) is 0. The van der Waals surface area contributed by atoms with Crippen molar-refractivity contribution in [3.63, 3.8) is 0 Å². The summed E-state index contributed by atoms with van der Waals surface area (Å²) in [6, 6.07) is 5.20. The molecule has 0 aliphatic rings. The lowest BCUT2D eigenvalue weighted by Gasteiger charge is -2.21. The van der Waals surface area contributed by atoms with Gasteiger partial charge in [-0.25, -0.2) is 4.39 Å². The molecule has 0 aromatic heterocycles. The molecule has 0 radical (unpaired) electrons. The molecule has 0 N–H and O–H groups in total. The fourth-order valence-electron chi connectivity index (χ4n) is 1.38. The first-order valence-electron chi connectivity index (χ1n) is 4.67. The minimum Gasteiger partial charge on any atom is -0.374 e. The number of anilines is 1. The van der Waals surface area contributed by atoms with Crippen LogP contribution in [0.1, 0.15) is 13.8 Å². The molecule has 0 saturated carbocycles. The second-order valence-corrected chi connectivity index (χ2v) is 4.73. The fourth-order valence-corrected chi connectivity index (χ4v) is 1.62. The van der Waals surface area contributed by atoms with Crippen molar-refractivity contribution in [3.05, 3.63) is 28.5 Å². The Hall–Kier alpha value is -0.570. The molecule has 14 heavy (non-hydrogen) atoms. The highest BCUT2D eigenvalue weighted by Crippen LogP contribution is 2.21. The smallest absolute Gasteiger partial charge is 0.139 e. The van der Waals surface area contributed by atoms with Gasteiger partial charge in [0.15, 0.2) is 0 Å². The summed E-state index contributed by atoms with van der Waals surface area (Å²) in [5.74, 6) is 0.366. The van der Waals surface area contributed by atoms with Crippen LogP contribution < -0.4 is 4.90 Å². The molecule has 0 atom stereocenters. The Morgan fingerprint density at radius 1 is 1.43 bits per heavy atom. The van der Waals surface area contributed by atoms with Gasteiger partial charge in [0.2, 0.25) is 0 Å². The Bertz CT molecular complexity index is 312. The van der Waals surface area contributed by atoms with Gasteiger partial charge in [-0.15, -0.1) is 0 Å². The number of halogens is 2. The molecule has 0 saturated heterocycles. The van der Waals surface area contributed by atoms with E-state index in [-0.39, 0.29) is 5.82 Å². The molecule has 0 heterocycles. The van der Waals surface area contributed by atoms with E-state index in [9.17, 15) is 4.39 Å². The van der Waals surface area contributed by atoms with Gasteiger partial charge in [0, 0.05) is 19.3 Å². The molecule has 3 heteroatoms. The number of nitrogens with zero attached hydrogens (tertiary/aromatic N) is 1. The molecule has 0 spiro atoms. The van der Waals surface area contributed by atoms with Crippen LogP contribution in [0.25, 0.3) is 0 Å². The van der Waals surface area contributed by atoms with E-state index in [1.807, 2.05) is 13.1 Å². The molecular formula is C11H15BrFN. The zero-order chi connectivity index (χ0) is 10.7. The van der Waals surface area contributed by atoms with Crippen LogP contribution in [0.15, 0.2) is 22.7 Å². The predicted octanol–water partition coefficient (Wildman–Crippen LogP) is 3.68. The van der Waals surface area contributed by atoms with Gasteiger partial charge in [-0.05, 0) is 40.0 Å². The fraction of sp³-hybridized carbons (Fsp3) is 0.455. The van der Waals surface area contributed by atoms with E-state index in [0.29, 0.717) is 10.4 Å². The van der Waals surface area contributed by atoms with E-state index in [4.69, 9.17) is 0 Å². The van der Waals surface area contributed by atoms with E-state index in [1.165, 1.54) is 0 Å². The predicted molar refractivity (Wildman–Crippen MR) is 62.2 cm³/mol. The zero-order valence-corrected chi connectivity index (χ0v) is 10.3. The maximum absolute atomic E-state index is 13.2. The molecule has 1 rings (SSSR count). The molecule has 78 valence electrons. The SMILES string of the molecule is CC(C)CN(C)c1ccc(Br)c(F)c1. The molecule has 1 aromatic carbocycles. The van der Waals surface area contributed by atoms with Gasteiger partial charge in [-0.1, -0.05) is 13.8 Å². The lowest BCUT2D eigenvalue weighted by Crippen LogP contribution is -2.22. The van der Waals surface area contributed by atoms with Gasteiger partial charge < -0.3 is 4.90 Å². The van der Waals surface area contributed by atoms with E-state index in [2.05, 4.69) is 34.7 Å². The lowest BCUT2D eigenvalue weighted by atomic mass is 10.2. The average Bonchev–Trinajstić information content (AvgIpc) is 2.08. The molecular weight excluding hydrogens is 245 g/mol. The quantitative estimate of drug-likeness (QED) is 0.801. The molecule has 1 nitrogen and oxygen atoms in total. The number of hydrogen-bond donors (Lipinski definition) is 0. The van der Waals surface area contributed by atoms with Crippen molar-refractivity contribution in [1.82, 2.24) is 0 Å².